The zero-order chi connectivity index (χ0) is 13.7. The molecule has 0 spiro atoms. The van der Waals surface area contributed by atoms with Crippen molar-refractivity contribution in [1.82, 2.24) is 10.6 Å². The predicted molar refractivity (Wildman–Crippen MR) is 94.6 cm³/mol. The van der Waals surface area contributed by atoms with Crippen LogP contribution in [0.3, 0.4) is 0 Å². The summed E-state index contributed by atoms with van der Waals surface area (Å²) in [6.45, 7) is 2.03. The molecule has 0 aromatic heterocycles. The fraction of sp³-hybridized carbons (Fsp3) is 0.500. The molecular formula is C14H23IN4O. The van der Waals surface area contributed by atoms with E-state index in [0.29, 0.717) is 6.04 Å². The number of hydrogen-bond donors (Lipinski definition) is 2. The van der Waals surface area contributed by atoms with E-state index in [0.717, 1.165) is 31.2 Å². The second-order valence-corrected chi connectivity index (χ2v) is 4.60. The van der Waals surface area contributed by atoms with Crippen molar-refractivity contribution in [3.8, 4) is 5.75 Å². The van der Waals surface area contributed by atoms with Crippen molar-refractivity contribution >= 4 is 35.6 Å². The third-order valence-corrected chi connectivity index (χ3v) is 3.41. The summed E-state index contributed by atoms with van der Waals surface area (Å²) in [4.78, 5) is 6.52. The van der Waals surface area contributed by atoms with Gasteiger partial charge in [0.1, 0.15) is 5.75 Å². The summed E-state index contributed by atoms with van der Waals surface area (Å²) in [6.07, 6.45) is 1.11. The number of hydrogen-bond acceptors (Lipinski definition) is 3. The van der Waals surface area contributed by atoms with Gasteiger partial charge in [0.25, 0.3) is 0 Å². The molecule has 0 bridgehead atoms. The maximum absolute atomic E-state index is 5.27. The number of nitrogens with zero attached hydrogens (tertiary/aromatic N) is 2. The van der Waals surface area contributed by atoms with Crippen LogP contribution in [0.25, 0.3) is 0 Å². The number of ether oxygens (including phenoxy) is 1. The number of anilines is 1. The SMILES string of the molecule is CN=C(NC)NC1CCN(c2cccc(OC)c2)C1.I. The van der Waals surface area contributed by atoms with Gasteiger partial charge in [0.05, 0.1) is 7.11 Å². The second kappa shape index (κ2) is 8.18. The maximum Gasteiger partial charge on any atom is 0.190 e. The van der Waals surface area contributed by atoms with Gasteiger partial charge in [-0.1, -0.05) is 6.07 Å². The molecule has 2 N–H and O–H groups in total. The highest BCUT2D eigenvalue weighted by Crippen LogP contribution is 2.24. The first kappa shape index (κ1) is 16.9. The lowest BCUT2D eigenvalue weighted by Crippen LogP contribution is -2.43. The number of benzene rings is 1. The summed E-state index contributed by atoms with van der Waals surface area (Å²) in [5.74, 6) is 1.75. The number of nitrogens with one attached hydrogen (secondary N) is 2. The van der Waals surface area contributed by atoms with E-state index in [-0.39, 0.29) is 24.0 Å². The summed E-state index contributed by atoms with van der Waals surface area (Å²) >= 11 is 0. The van der Waals surface area contributed by atoms with Crippen LogP contribution in [0.1, 0.15) is 6.42 Å². The van der Waals surface area contributed by atoms with Crippen LogP contribution >= 0.6 is 24.0 Å². The fourth-order valence-corrected chi connectivity index (χ4v) is 2.36. The first-order valence-corrected chi connectivity index (χ1v) is 6.57. The minimum Gasteiger partial charge on any atom is -0.497 e. The van der Waals surface area contributed by atoms with Crippen molar-refractivity contribution in [2.75, 3.05) is 39.2 Å². The molecule has 0 amide bonds. The molecule has 1 unspecified atom stereocenters. The van der Waals surface area contributed by atoms with Crippen molar-refractivity contribution in [3.63, 3.8) is 0 Å². The molecule has 0 saturated carbocycles. The van der Waals surface area contributed by atoms with Crippen LogP contribution in [0.4, 0.5) is 5.69 Å². The minimum atomic E-state index is 0. The Morgan fingerprint density at radius 1 is 1.45 bits per heavy atom. The zero-order valence-corrected chi connectivity index (χ0v) is 14.5. The standard InChI is InChI=1S/C14H22N4O.HI/c1-15-14(16-2)17-11-7-8-18(10-11)12-5-4-6-13(9-12)19-3;/h4-6,9,11H,7-8,10H2,1-3H3,(H2,15,16,17);1H. The molecule has 5 nitrogen and oxygen atoms in total. The molecule has 1 aliphatic heterocycles. The van der Waals surface area contributed by atoms with E-state index in [1.807, 2.05) is 19.2 Å². The maximum atomic E-state index is 5.27. The lowest BCUT2D eigenvalue weighted by Gasteiger charge is -2.20. The summed E-state index contributed by atoms with van der Waals surface area (Å²) in [6, 6.07) is 8.63. The van der Waals surface area contributed by atoms with E-state index in [9.17, 15) is 0 Å². The van der Waals surface area contributed by atoms with Crippen molar-refractivity contribution < 1.29 is 4.74 Å². The molecule has 0 aliphatic carbocycles. The molecule has 1 atom stereocenters. The van der Waals surface area contributed by atoms with Gasteiger partial charge in [-0.3, -0.25) is 4.99 Å². The number of aliphatic imine (C=N–C) groups is 1. The lowest BCUT2D eigenvalue weighted by atomic mass is 10.2. The average Bonchev–Trinajstić information content (AvgIpc) is 2.93. The summed E-state index contributed by atoms with van der Waals surface area (Å²) in [5, 5.41) is 6.46. The molecule has 1 heterocycles. The van der Waals surface area contributed by atoms with Gasteiger partial charge in [-0.25, -0.2) is 0 Å². The van der Waals surface area contributed by atoms with Gasteiger partial charge < -0.3 is 20.3 Å². The molecule has 2 rings (SSSR count). The Morgan fingerprint density at radius 3 is 2.90 bits per heavy atom. The van der Waals surface area contributed by atoms with E-state index in [1.54, 1.807) is 14.2 Å². The van der Waals surface area contributed by atoms with E-state index < -0.39 is 0 Å². The molecule has 1 aliphatic rings. The van der Waals surface area contributed by atoms with Gasteiger partial charge in [0.2, 0.25) is 0 Å². The molecule has 20 heavy (non-hydrogen) atoms. The Morgan fingerprint density at radius 2 is 2.25 bits per heavy atom. The molecule has 112 valence electrons. The quantitative estimate of drug-likeness (QED) is 0.469. The highest BCUT2D eigenvalue weighted by atomic mass is 127. The van der Waals surface area contributed by atoms with E-state index in [4.69, 9.17) is 4.74 Å². The summed E-state index contributed by atoms with van der Waals surface area (Å²) in [7, 11) is 5.36. The highest BCUT2D eigenvalue weighted by Gasteiger charge is 2.23. The van der Waals surface area contributed by atoms with Gasteiger partial charge >= 0.3 is 0 Å². The summed E-state index contributed by atoms with van der Waals surface area (Å²) in [5.41, 5.74) is 1.21. The van der Waals surface area contributed by atoms with Gasteiger partial charge in [-0.05, 0) is 18.6 Å². The normalized spacial score (nSPS) is 18.4. The third-order valence-electron chi connectivity index (χ3n) is 3.41. The largest absolute Gasteiger partial charge is 0.497 e. The molecular weight excluding hydrogens is 367 g/mol. The van der Waals surface area contributed by atoms with Crippen LogP contribution in [-0.2, 0) is 0 Å². The Bertz CT molecular complexity index is 453. The van der Waals surface area contributed by atoms with Crippen molar-refractivity contribution in [2.24, 2.45) is 4.99 Å². The lowest BCUT2D eigenvalue weighted by molar-refractivity contribution is 0.415. The fourth-order valence-electron chi connectivity index (χ4n) is 2.36. The van der Waals surface area contributed by atoms with Crippen molar-refractivity contribution in [1.29, 1.82) is 0 Å². The van der Waals surface area contributed by atoms with Crippen molar-refractivity contribution in [2.45, 2.75) is 12.5 Å². The third kappa shape index (κ3) is 4.16. The monoisotopic (exact) mass is 390 g/mol. The minimum absolute atomic E-state index is 0. The molecule has 1 fully saturated rings. The Hall–Kier alpha value is -1.18. The Kier molecular flexibility index (Phi) is 6.90. The highest BCUT2D eigenvalue weighted by molar-refractivity contribution is 14.0. The average molecular weight is 390 g/mol. The molecule has 1 saturated heterocycles. The smallest absolute Gasteiger partial charge is 0.190 e. The van der Waals surface area contributed by atoms with Crippen LogP contribution in [0, 0.1) is 0 Å². The van der Waals surface area contributed by atoms with E-state index >= 15 is 0 Å². The Balaban J connectivity index is 0.00000200. The van der Waals surface area contributed by atoms with Gasteiger partial charge in [-0.2, -0.15) is 0 Å². The van der Waals surface area contributed by atoms with Crippen LogP contribution in [-0.4, -0.2) is 46.3 Å². The van der Waals surface area contributed by atoms with Crippen LogP contribution in [0.2, 0.25) is 0 Å². The second-order valence-electron chi connectivity index (χ2n) is 4.60. The van der Waals surface area contributed by atoms with Gasteiger partial charge in [-0.15, -0.1) is 24.0 Å². The number of halogens is 1. The number of rotatable bonds is 3. The van der Waals surface area contributed by atoms with Crippen LogP contribution < -0.4 is 20.3 Å². The summed E-state index contributed by atoms with van der Waals surface area (Å²) < 4.78 is 5.27. The predicted octanol–water partition coefficient (Wildman–Crippen LogP) is 1.69. The van der Waals surface area contributed by atoms with Crippen LogP contribution in [0.5, 0.6) is 5.75 Å². The first-order valence-electron chi connectivity index (χ1n) is 6.57. The molecule has 0 radical (unpaired) electrons. The molecule has 6 heteroatoms. The number of methoxy groups -OCH3 is 1. The van der Waals surface area contributed by atoms with Crippen molar-refractivity contribution in [3.05, 3.63) is 24.3 Å². The van der Waals surface area contributed by atoms with E-state index in [1.165, 1.54) is 5.69 Å². The number of guanidine groups is 1. The van der Waals surface area contributed by atoms with Crippen LogP contribution in [0.15, 0.2) is 29.3 Å². The Labute approximate surface area is 137 Å². The topological polar surface area (TPSA) is 48.9 Å². The molecule has 1 aromatic rings. The van der Waals surface area contributed by atoms with Gasteiger partial charge in [0, 0.05) is 45.0 Å². The zero-order valence-electron chi connectivity index (χ0n) is 12.2. The van der Waals surface area contributed by atoms with Gasteiger partial charge in [0.15, 0.2) is 5.96 Å². The molecule has 1 aromatic carbocycles. The van der Waals surface area contributed by atoms with E-state index in [2.05, 4.69) is 32.7 Å². The first-order chi connectivity index (χ1) is 9.26.